The predicted octanol–water partition coefficient (Wildman–Crippen LogP) is 0.156. The number of morpholine rings is 1. The summed E-state index contributed by atoms with van der Waals surface area (Å²) in [5, 5.41) is 8.96. The van der Waals surface area contributed by atoms with Crippen LogP contribution in [0.1, 0.15) is 32.1 Å². The number of likely N-dealkylation sites (tertiary alicyclic amines) is 1. The van der Waals surface area contributed by atoms with E-state index in [1.165, 1.54) is 4.90 Å². The van der Waals surface area contributed by atoms with Crippen molar-refractivity contribution in [1.82, 2.24) is 4.90 Å². The number of fused-ring (bicyclic) bond motifs is 2. The summed E-state index contributed by atoms with van der Waals surface area (Å²) in [6.07, 6.45) is 1.72. The van der Waals surface area contributed by atoms with Gasteiger partial charge >= 0.3 is 5.97 Å². The summed E-state index contributed by atoms with van der Waals surface area (Å²) >= 11 is 0. The Balaban J connectivity index is 1.78. The van der Waals surface area contributed by atoms with E-state index in [4.69, 9.17) is 9.84 Å². The Kier molecular flexibility index (Phi) is 2.62. The average molecular weight is 253 g/mol. The Morgan fingerprint density at radius 3 is 2.22 bits per heavy atom. The van der Waals surface area contributed by atoms with Crippen molar-refractivity contribution < 1.29 is 24.2 Å². The number of aliphatic carboxylic acids is 1. The van der Waals surface area contributed by atoms with E-state index in [0.717, 1.165) is 0 Å². The van der Waals surface area contributed by atoms with E-state index < -0.39 is 24.1 Å². The zero-order chi connectivity index (χ0) is 12.9. The van der Waals surface area contributed by atoms with Gasteiger partial charge in [0.25, 0.3) is 11.8 Å². The van der Waals surface area contributed by atoms with Crippen molar-refractivity contribution in [2.75, 3.05) is 0 Å². The van der Waals surface area contributed by atoms with Crippen molar-refractivity contribution in [3.8, 4) is 0 Å². The van der Waals surface area contributed by atoms with E-state index in [-0.39, 0.29) is 17.9 Å². The number of amides is 2. The number of hydrogen-bond acceptors (Lipinski definition) is 4. The summed E-state index contributed by atoms with van der Waals surface area (Å²) < 4.78 is 5.33. The third-order valence-corrected chi connectivity index (χ3v) is 4.16. The van der Waals surface area contributed by atoms with Gasteiger partial charge in [0.1, 0.15) is 12.2 Å². The number of rotatable bonds is 2. The van der Waals surface area contributed by atoms with E-state index in [2.05, 4.69) is 0 Å². The smallest absolute Gasteiger partial charge is 0.306 e. The summed E-state index contributed by atoms with van der Waals surface area (Å²) in [5.41, 5.74) is 0. The molecule has 0 aromatic heterocycles. The van der Waals surface area contributed by atoms with Crippen LogP contribution in [0, 0.1) is 5.92 Å². The lowest BCUT2D eigenvalue weighted by Gasteiger charge is -2.34. The van der Waals surface area contributed by atoms with Gasteiger partial charge in [-0.05, 0) is 32.1 Å². The maximum Gasteiger partial charge on any atom is 0.306 e. The second kappa shape index (κ2) is 4.05. The Hall–Kier alpha value is -1.43. The summed E-state index contributed by atoms with van der Waals surface area (Å²) in [4.78, 5) is 36.4. The van der Waals surface area contributed by atoms with Crippen LogP contribution >= 0.6 is 0 Å². The Labute approximate surface area is 104 Å². The molecule has 1 N–H and O–H groups in total. The number of imide groups is 1. The van der Waals surface area contributed by atoms with Gasteiger partial charge in [-0.1, -0.05) is 0 Å². The van der Waals surface area contributed by atoms with Gasteiger partial charge in [0, 0.05) is 6.04 Å². The number of carboxylic acid groups (broad SMARTS) is 1. The van der Waals surface area contributed by atoms with Gasteiger partial charge in [-0.3, -0.25) is 19.3 Å². The second-order valence-electron chi connectivity index (χ2n) is 5.24. The molecule has 18 heavy (non-hydrogen) atoms. The van der Waals surface area contributed by atoms with E-state index in [1.54, 1.807) is 0 Å². The molecule has 2 heterocycles. The minimum Gasteiger partial charge on any atom is -0.481 e. The Bertz CT molecular complexity index is 399. The van der Waals surface area contributed by atoms with E-state index >= 15 is 0 Å². The first kappa shape index (κ1) is 11.6. The zero-order valence-electron chi connectivity index (χ0n) is 9.87. The van der Waals surface area contributed by atoms with Crippen LogP contribution in [0.5, 0.6) is 0 Å². The monoisotopic (exact) mass is 253 g/mol. The normalized spacial score (nSPS) is 39.4. The highest BCUT2D eigenvalue weighted by atomic mass is 16.5. The van der Waals surface area contributed by atoms with E-state index in [0.29, 0.717) is 32.1 Å². The predicted molar refractivity (Wildman–Crippen MR) is 58.5 cm³/mol. The quantitative estimate of drug-likeness (QED) is 0.708. The molecule has 0 spiro atoms. The molecule has 2 amide bonds. The van der Waals surface area contributed by atoms with Crippen LogP contribution < -0.4 is 0 Å². The second-order valence-corrected chi connectivity index (χ2v) is 5.24. The maximum absolute atomic E-state index is 12.1. The molecule has 6 nitrogen and oxygen atoms in total. The number of carboxylic acids is 1. The molecule has 1 aliphatic carbocycles. The molecule has 3 fully saturated rings. The molecule has 3 rings (SSSR count). The van der Waals surface area contributed by atoms with Crippen molar-refractivity contribution in [1.29, 1.82) is 0 Å². The summed E-state index contributed by atoms with van der Waals surface area (Å²) in [6, 6.07) is -0.252. The maximum atomic E-state index is 12.1. The first-order valence-corrected chi connectivity index (χ1v) is 6.33. The molecule has 2 aliphatic heterocycles. The fourth-order valence-corrected chi connectivity index (χ4v) is 3.20. The van der Waals surface area contributed by atoms with Crippen LogP contribution in [0.15, 0.2) is 0 Å². The summed E-state index contributed by atoms with van der Waals surface area (Å²) in [6.45, 7) is 0. The molecule has 0 aromatic carbocycles. The zero-order valence-corrected chi connectivity index (χ0v) is 9.87. The van der Waals surface area contributed by atoms with Gasteiger partial charge in [-0.2, -0.15) is 0 Å². The van der Waals surface area contributed by atoms with E-state index in [1.807, 2.05) is 0 Å². The fourth-order valence-electron chi connectivity index (χ4n) is 3.20. The van der Waals surface area contributed by atoms with Crippen molar-refractivity contribution >= 4 is 17.8 Å². The molecule has 4 unspecified atom stereocenters. The lowest BCUT2D eigenvalue weighted by molar-refractivity contribution is -0.171. The SMILES string of the molecule is O=C(O)C1CCC(N2C(=O)C3CCC(O3)C2=O)C1. The van der Waals surface area contributed by atoms with Crippen LogP contribution in [-0.2, 0) is 19.1 Å². The largest absolute Gasteiger partial charge is 0.481 e. The van der Waals surface area contributed by atoms with E-state index in [9.17, 15) is 14.4 Å². The minimum absolute atomic E-state index is 0.252. The van der Waals surface area contributed by atoms with Gasteiger partial charge in [0.2, 0.25) is 0 Å². The molecule has 2 saturated heterocycles. The highest BCUT2D eigenvalue weighted by molar-refractivity contribution is 6.02. The van der Waals surface area contributed by atoms with Crippen LogP contribution in [0.4, 0.5) is 0 Å². The molecule has 4 atom stereocenters. The Morgan fingerprint density at radius 2 is 1.72 bits per heavy atom. The molecule has 6 heteroatoms. The topological polar surface area (TPSA) is 83.9 Å². The number of hydrogen-bond donors (Lipinski definition) is 1. The number of ether oxygens (including phenoxy) is 1. The summed E-state index contributed by atoms with van der Waals surface area (Å²) in [7, 11) is 0. The van der Waals surface area contributed by atoms with Gasteiger partial charge in [-0.15, -0.1) is 0 Å². The van der Waals surface area contributed by atoms with Crippen LogP contribution in [-0.4, -0.2) is 46.0 Å². The third-order valence-electron chi connectivity index (χ3n) is 4.16. The molecule has 2 bridgehead atoms. The molecular formula is C12H15NO5. The standard InChI is InChI=1S/C12H15NO5/c14-10-8-3-4-9(18-8)11(15)13(10)7-2-1-6(5-7)12(16)17/h6-9H,1-5H2,(H,16,17). The van der Waals surface area contributed by atoms with Crippen LogP contribution in [0.25, 0.3) is 0 Å². The van der Waals surface area contributed by atoms with Crippen molar-refractivity contribution in [2.24, 2.45) is 5.92 Å². The molecule has 1 saturated carbocycles. The van der Waals surface area contributed by atoms with Crippen molar-refractivity contribution in [3.63, 3.8) is 0 Å². The number of carbonyl (C=O) groups excluding carboxylic acids is 2. The average Bonchev–Trinajstić information content (AvgIpc) is 2.95. The molecule has 0 radical (unpaired) electrons. The lowest BCUT2D eigenvalue weighted by atomic mass is 10.1. The molecule has 0 aromatic rings. The van der Waals surface area contributed by atoms with Gasteiger partial charge in [0.05, 0.1) is 5.92 Å². The van der Waals surface area contributed by atoms with Crippen LogP contribution in [0.3, 0.4) is 0 Å². The van der Waals surface area contributed by atoms with Gasteiger partial charge in [-0.25, -0.2) is 0 Å². The summed E-state index contributed by atoms with van der Waals surface area (Å²) in [5.74, 6) is -1.82. The number of nitrogens with zero attached hydrogens (tertiary/aromatic N) is 1. The van der Waals surface area contributed by atoms with Crippen LogP contribution in [0.2, 0.25) is 0 Å². The minimum atomic E-state index is -0.839. The molecular weight excluding hydrogens is 238 g/mol. The van der Waals surface area contributed by atoms with Gasteiger partial charge < -0.3 is 9.84 Å². The lowest BCUT2D eigenvalue weighted by Crippen LogP contribution is -2.55. The molecule has 3 aliphatic rings. The number of carbonyl (C=O) groups is 3. The highest BCUT2D eigenvalue weighted by Crippen LogP contribution is 2.35. The molecule has 98 valence electrons. The van der Waals surface area contributed by atoms with Gasteiger partial charge in [0.15, 0.2) is 0 Å². The first-order chi connectivity index (χ1) is 8.58. The van der Waals surface area contributed by atoms with Crippen molar-refractivity contribution in [2.45, 2.75) is 50.4 Å². The first-order valence-electron chi connectivity index (χ1n) is 6.33. The highest BCUT2D eigenvalue weighted by Gasteiger charge is 2.50. The fraction of sp³-hybridized carbons (Fsp3) is 0.750. The Morgan fingerprint density at radius 1 is 1.11 bits per heavy atom. The third kappa shape index (κ3) is 1.63. The van der Waals surface area contributed by atoms with Crippen molar-refractivity contribution in [3.05, 3.63) is 0 Å².